The zero-order valence-corrected chi connectivity index (χ0v) is 17.2. The van der Waals surface area contributed by atoms with E-state index >= 15 is 0 Å². The van der Waals surface area contributed by atoms with Gasteiger partial charge in [-0.15, -0.1) is 0 Å². The SMILES string of the molecule is N#Cc1ccc2c(c1)C1(c3ccccc3S2)c2ccccc2-c2ccc(O[B]O)cc21. The second kappa shape index (κ2) is 6.78. The maximum Gasteiger partial charge on any atom is 0.569 e. The van der Waals surface area contributed by atoms with Gasteiger partial charge in [0.25, 0.3) is 0 Å². The highest BCUT2D eigenvalue weighted by molar-refractivity contribution is 7.99. The second-order valence-corrected chi connectivity index (χ2v) is 8.73. The predicted octanol–water partition coefficient (Wildman–Crippen LogP) is 5.29. The Hall–Kier alpha value is -3.46. The van der Waals surface area contributed by atoms with Gasteiger partial charge in [-0.25, -0.2) is 0 Å². The summed E-state index contributed by atoms with van der Waals surface area (Å²) in [5, 5.41) is 18.9. The van der Waals surface area contributed by atoms with Crippen LogP contribution in [-0.4, -0.2) is 12.7 Å². The number of hydrogen-bond donors (Lipinski definition) is 1. The summed E-state index contributed by atoms with van der Waals surface area (Å²) in [5.41, 5.74) is 6.97. The molecule has 5 heteroatoms. The Bertz CT molecular complexity index is 1410. The fraction of sp³-hybridized carbons (Fsp3) is 0.0385. The smallest absolute Gasteiger partial charge is 0.537 e. The van der Waals surface area contributed by atoms with Crippen LogP contribution in [-0.2, 0) is 5.41 Å². The number of nitriles is 1. The quantitative estimate of drug-likeness (QED) is 0.390. The first kappa shape index (κ1) is 18.3. The van der Waals surface area contributed by atoms with Crippen LogP contribution in [0.4, 0.5) is 0 Å². The molecule has 1 radical (unpaired) electrons. The molecule has 6 rings (SSSR count). The first-order valence-electron chi connectivity index (χ1n) is 9.96. The van der Waals surface area contributed by atoms with Gasteiger partial charge in [-0.1, -0.05) is 60.3 Å². The Labute approximate surface area is 185 Å². The minimum Gasteiger partial charge on any atom is -0.537 e. The van der Waals surface area contributed by atoms with Gasteiger partial charge in [0.05, 0.1) is 17.0 Å². The Morgan fingerprint density at radius 1 is 0.774 bits per heavy atom. The highest BCUT2D eigenvalue weighted by atomic mass is 32.2. The molecule has 3 nitrogen and oxygen atoms in total. The van der Waals surface area contributed by atoms with Crippen LogP contribution in [0.1, 0.15) is 27.8 Å². The van der Waals surface area contributed by atoms with Gasteiger partial charge in [0.2, 0.25) is 0 Å². The Kier molecular flexibility index (Phi) is 4.01. The van der Waals surface area contributed by atoms with Crippen LogP contribution in [0.2, 0.25) is 0 Å². The maximum absolute atomic E-state index is 9.66. The highest BCUT2D eigenvalue weighted by Crippen LogP contribution is 2.62. The van der Waals surface area contributed by atoms with Crippen LogP contribution in [0.25, 0.3) is 11.1 Å². The molecule has 1 spiro atoms. The van der Waals surface area contributed by atoms with Gasteiger partial charge in [0.15, 0.2) is 0 Å². The molecule has 0 saturated heterocycles. The Morgan fingerprint density at radius 2 is 1.52 bits per heavy atom. The van der Waals surface area contributed by atoms with Crippen molar-refractivity contribution in [2.24, 2.45) is 0 Å². The molecule has 0 bridgehead atoms. The fourth-order valence-corrected chi connectivity index (χ4v) is 6.26. The summed E-state index contributed by atoms with van der Waals surface area (Å²) in [6.45, 7) is 0. The van der Waals surface area contributed by atoms with Crippen molar-refractivity contribution < 1.29 is 9.68 Å². The molecule has 0 saturated carbocycles. The van der Waals surface area contributed by atoms with Gasteiger partial charge < -0.3 is 9.68 Å². The van der Waals surface area contributed by atoms with Crippen molar-refractivity contribution in [2.75, 3.05) is 0 Å². The third kappa shape index (κ3) is 2.40. The summed E-state index contributed by atoms with van der Waals surface area (Å²) in [6.07, 6.45) is 0. The van der Waals surface area contributed by atoms with Crippen molar-refractivity contribution >= 4 is 19.4 Å². The molecule has 1 aliphatic heterocycles. The van der Waals surface area contributed by atoms with E-state index in [2.05, 4.69) is 66.7 Å². The lowest BCUT2D eigenvalue weighted by Crippen LogP contribution is -2.32. The standard InChI is InChI=1S/C26H15BNO2S/c28-15-16-9-12-25-23(13-16)26(21-7-3-4-8-24(21)31-25)20-6-2-1-5-18(20)19-11-10-17(30-27-29)14-22(19)26/h1-14,29H. The lowest BCUT2D eigenvalue weighted by molar-refractivity contribution is 0.453. The van der Waals surface area contributed by atoms with Gasteiger partial charge in [-0.2, -0.15) is 5.26 Å². The van der Waals surface area contributed by atoms with E-state index in [1.54, 1.807) is 11.8 Å². The summed E-state index contributed by atoms with van der Waals surface area (Å²) in [4.78, 5) is 2.34. The summed E-state index contributed by atoms with van der Waals surface area (Å²) in [7, 11) is 0.711. The van der Waals surface area contributed by atoms with Gasteiger partial charge in [-0.05, 0) is 69.8 Å². The number of fused-ring (bicyclic) bond motifs is 9. The van der Waals surface area contributed by atoms with E-state index in [9.17, 15) is 10.3 Å². The van der Waals surface area contributed by atoms with Crippen LogP contribution >= 0.6 is 11.8 Å². The van der Waals surface area contributed by atoms with Gasteiger partial charge in [-0.3, -0.25) is 0 Å². The molecule has 1 unspecified atom stereocenters. The minimum absolute atomic E-state index is 0.565. The number of benzene rings is 4. The summed E-state index contributed by atoms with van der Waals surface area (Å²) in [5.74, 6) is 0.571. The van der Waals surface area contributed by atoms with E-state index in [1.165, 1.54) is 21.6 Å². The minimum atomic E-state index is -0.565. The molecule has 2 aliphatic rings. The van der Waals surface area contributed by atoms with Crippen LogP contribution in [0.3, 0.4) is 0 Å². The summed E-state index contributed by atoms with van der Waals surface area (Å²) >= 11 is 1.74. The molecule has 1 atom stereocenters. The molecule has 1 N–H and O–H groups in total. The van der Waals surface area contributed by atoms with Gasteiger partial charge >= 0.3 is 7.69 Å². The van der Waals surface area contributed by atoms with Gasteiger partial charge in [0, 0.05) is 9.79 Å². The summed E-state index contributed by atoms with van der Waals surface area (Å²) < 4.78 is 5.36. The van der Waals surface area contributed by atoms with Crippen LogP contribution in [0.15, 0.2) is 94.7 Å². The van der Waals surface area contributed by atoms with E-state index in [0.29, 0.717) is 19.0 Å². The van der Waals surface area contributed by atoms with Crippen LogP contribution in [0, 0.1) is 11.3 Å². The molecular formula is C26H15BNO2S. The Morgan fingerprint density at radius 3 is 2.35 bits per heavy atom. The van der Waals surface area contributed by atoms with Crippen molar-refractivity contribution in [2.45, 2.75) is 15.2 Å². The van der Waals surface area contributed by atoms with Crippen molar-refractivity contribution in [3.8, 4) is 22.9 Å². The van der Waals surface area contributed by atoms with Crippen LogP contribution < -0.4 is 4.65 Å². The highest BCUT2D eigenvalue weighted by Gasteiger charge is 2.50. The first-order valence-corrected chi connectivity index (χ1v) is 10.8. The molecule has 1 heterocycles. The molecule has 4 aromatic rings. The number of hydrogen-bond acceptors (Lipinski definition) is 4. The zero-order valence-electron chi connectivity index (χ0n) is 16.4. The average Bonchev–Trinajstić information content (AvgIpc) is 3.10. The normalized spacial score (nSPS) is 17.2. The zero-order chi connectivity index (χ0) is 21.0. The van der Waals surface area contributed by atoms with Gasteiger partial charge in [0.1, 0.15) is 5.75 Å². The lowest BCUT2D eigenvalue weighted by Gasteiger charge is -2.39. The van der Waals surface area contributed by atoms with Crippen molar-refractivity contribution in [3.05, 3.63) is 113 Å². The average molecular weight is 416 g/mol. The molecule has 0 fully saturated rings. The third-order valence-electron chi connectivity index (χ3n) is 6.23. The molecule has 0 aromatic heterocycles. The molecule has 145 valence electrons. The van der Waals surface area contributed by atoms with Crippen molar-refractivity contribution in [1.29, 1.82) is 5.26 Å². The van der Waals surface area contributed by atoms with Crippen molar-refractivity contribution in [1.82, 2.24) is 0 Å². The molecular weight excluding hydrogens is 401 g/mol. The van der Waals surface area contributed by atoms with E-state index in [0.717, 1.165) is 21.6 Å². The number of rotatable bonds is 2. The molecule has 31 heavy (non-hydrogen) atoms. The lowest BCUT2D eigenvalue weighted by atomic mass is 9.67. The predicted molar refractivity (Wildman–Crippen MR) is 121 cm³/mol. The van der Waals surface area contributed by atoms with E-state index in [1.807, 2.05) is 24.3 Å². The molecule has 0 amide bonds. The second-order valence-electron chi connectivity index (χ2n) is 7.65. The Balaban J connectivity index is 1.81. The third-order valence-corrected chi connectivity index (χ3v) is 7.38. The monoisotopic (exact) mass is 416 g/mol. The number of nitrogens with zero attached hydrogens (tertiary/aromatic N) is 1. The fourth-order valence-electron chi connectivity index (χ4n) is 5.08. The maximum atomic E-state index is 9.66. The van der Waals surface area contributed by atoms with E-state index in [-0.39, 0.29) is 0 Å². The topological polar surface area (TPSA) is 53.2 Å². The molecule has 4 aromatic carbocycles. The molecule has 1 aliphatic carbocycles. The first-order chi connectivity index (χ1) is 15.3. The van der Waals surface area contributed by atoms with Crippen molar-refractivity contribution in [3.63, 3.8) is 0 Å². The van der Waals surface area contributed by atoms with Crippen LogP contribution in [0.5, 0.6) is 5.75 Å². The van der Waals surface area contributed by atoms with E-state index < -0.39 is 5.41 Å². The van der Waals surface area contributed by atoms with E-state index in [4.69, 9.17) is 4.65 Å². The summed E-state index contributed by atoms with van der Waals surface area (Å²) in [6, 6.07) is 31.2. The largest absolute Gasteiger partial charge is 0.569 e.